The first kappa shape index (κ1) is 44.2. The Bertz CT molecular complexity index is 2850. The van der Waals surface area contributed by atoms with Crippen molar-refractivity contribution in [1.82, 2.24) is 44.0 Å². The Morgan fingerprint density at radius 2 is 1.85 bits per heavy atom. The lowest BCUT2D eigenvalue weighted by molar-refractivity contribution is -0.135. The summed E-state index contributed by atoms with van der Waals surface area (Å²) in [5.41, 5.74) is 2.55. The van der Waals surface area contributed by atoms with E-state index in [0.717, 1.165) is 49.8 Å². The van der Waals surface area contributed by atoms with Gasteiger partial charge in [-0.15, -0.1) is 0 Å². The number of alkyl halides is 2. The number of halogens is 2. The molecule has 66 heavy (non-hydrogen) atoms. The minimum Gasteiger partial charge on any atom is -0.444 e. The summed E-state index contributed by atoms with van der Waals surface area (Å²) in [6, 6.07) is 14.9. The van der Waals surface area contributed by atoms with Crippen LogP contribution in [0.3, 0.4) is 0 Å². The fraction of sp³-hybridized carbons (Fsp3) is 0.391. The number of nitrogens with zero attached hydrogens (tertiary/aromatic N) is 8. The van der Waals surface area contributed by atoms with E-state index in [1.54, 1.807) is 61.6 Å². The smallest absolute Gasteiger partial charge is 0.329 e. The summed E-state index contributed by atoms with van der Waals surface area (Å²) in [5, 5.41) is 12.1. The topological polar surface area (TPSA) is 204 Å². The second-order valence-electron chi connectivity index (χ2n) is 17.1. The van der Waals surface area contributed by atoms with Gasteiger partial charge in [-0.3, -0.25) is 38.5 Å². The summed E-state index contributed by atoms with van der Waals surface area (Å²) in [5.74, 6) is -0.329. The summed E-state index contributed by atoms with van der Waals surface area (Å²) in [6.07, 6.45) is 5.27. The Kier molecular flexibility index (Phi) is 12.6. The summed E-state index contributed by atoms with van der Waals surface area (Å²) >= 11 is 0. The largest absolute Gasteiger partial charge is 0.444 e. The predicted molar refractivity (Wildman–Crippen MR) is 237 cm³/mol. The summed E-state index contributed by atoms with van der Waals surface area (Å²) < 4.78 is 44.2. The van der Waals surface area contributed by atoms with Gasteiger partial charge in [0.05, 0.1) is 41.3 Å². The molecular formula is C46H49F2N11O7. The molecule has 4 amide bonds. The van der Waals surface area contributed by atoms with Crippen molar-refractivity contribution in [2.24, 2.45) is 13.0 Å². The molecule has 1 saturated carbocycles. The van der Waals surface area contributed by atoms with Crippen molar-refractivity contribution in [2.75, 3.05) is 57.0 Å². The van der Waals surface area contributed by atoms with Gasteiger partial charge in [-0.25, -0.2) is 28.2 Å². The standard InChI is InChI=1S/C46H49F2N11O7/c1-55(23-32-24-57(18-19-65-32)17-3-4-27-7-12-35-37(20-27)56(2)46(64)59(35)36-13-14-39(60)53-43(36)62)45(63)29-8-10-31(11-9-29)58-25-33(40(54-58)41(47)48)51-42(61)34-26-66-44(52-34)30-15-16-49-38(21-30)50-22-28-5-6-28/h7-12,15-16,20-21,25-26,28,32,36,41H,3-6,13-14,17-19,22-24H2,1-2H3,(H,49,50)(H,51,61)(H,53,60,62)/t32-,36?/m1/s1. The summed E-state index contributed by atoms with van der Waals surface area (Å²) in [4.78, 5) is 76.6. The first-order valence-corrected chi connectivity index (χ1v) is 22.0. The number of oxazole rings is 1. The third-order valence-electron chi connectivity index (χ3n) is 12.3. The van der Waals surface area contributed by atoms with Crippen molar-refractivity contribution in [3.05, 3.63) is 106 Å². The highest BCUT2D eigenvalue weighted by molar-refractivity contribution is 6.03. The van der Waals surface area contributed by atoms with E-state index in [1.807, 2.05) is 18.2 Å². The molecular weight excluding hydrogens is 857 g/mol. The van der Waals surface area contributed by atoms with Gasteiger partial charge in [0, 0.05) is 64.0 Å². The number of piperidine rings is 1. The monoisotopic (exact) mass is 905 g/mol. The molecule has 9 rings (SSSR count). The van der Waals surface area contributed by atoms with Gasteiger partial charge >= 0.3 is 5.69 Å². The minimum absolute atomic E-state index is 0.107. The number of benzene rings is 2. The molecule has 18 nitrogen and oxygen atoms in total. The number of hydrogen-bond donors (Lipinski definition) is 3. The van der Waals surface area contributed by atoms with Gasteiger partial charge < -0.3 is 24.7 Å². The molecule has 344 valence electrons. The van der Waals surface area contributed by atoms with E-state index in [0.29, 0.717) is 53.8 Å². The first-order chi connectivity index (χ1) is 31.9. The van der Waals surface area contributed by atoms with Crippen LogP contribution in [0, 0.1) is 5.92 Å². The molecule has 0 radical (unpaired) electrons. The van der Waals surface area contributed by atoms with Gasteiger partial charge in [-0.1, -0.05) is 6.07 Å². The number of amides is 4. The molecule has 20 heteroatoms. The number of fused-ring (bicyclic) bond motifs is 1. The maximum Gasteiger partial charge on any atom is 0.329 e. The first-order valence-electron chi connectivity index (χ1n) is 22.0. The molecule has 2 saturated heterocycles. The zero-order valence-electron chi connectivity index (χ0n) is 36.4. The summed E-state index contributed by atoms with van der Waals surface area (Å²) in [7, 11) is 3.38. The van der Waals surface area contributed by atoms with Gasteiger partial charge in [0.25, 0.3) is 18.2 Å². The Balaban J connectivity index is 0.769. The molecule has 1 aliphatic carbocycles. The zero-order valence-corrected chi connectivity index (χ0v) is 36.4. The Hall–Kier alpha value is -7.06. The third-order valence-corrected chi connectivity index (χ3v) is 12.3. The number of likely N-dealkylation sites (N-methyl/N-ethyl adjacent to an activating group) is 1. The molecule has 3 fully saturated rings. The number of hydrogen-bond acceptors (Lipinski definition) is 12. The van der Waals surface area contributed by atoms with Crippen molar-refractivity contribution in [2.45, 2.75) is 57.1 Å². The molecule has 0 bridgehead atoms. The molecule has 3 aliphatic rings. The van der Waals surface area contributed by atoms with Crippen LogP contribution in [0.1, 0.15) is 76.7 Å². The van der Waals surface area contributed by atoms with E-state index in [4.69, 9.17) is 9.15 Å². The van der Waals surface area contributed by atoms with Crippen LogP contribution in [0.2, 0.25) is 0 Å². The van der Waals surface area contributed by atoms with E-state index in [2.05, 4.69) is 35.9 Å². The third kappa shape index (κ3) is 9.64. The van der Waals surface area contributed by atoms with Crippen molar-refractivity contribution in [3.63, 3.8) is 0 Å². The van der Waals surface area contributed by atoms with Crippen LogP contribution in [0.4, 0.5) is 20.3 Å². The van der Waals surface area contributed by atoms with Crippen LogP contribution >= 0.6 is 0 Å². The van der Waals surface area contributed by atoms with E-state index < -0.39 is 30.0 Å². The van der Waals surface area contributed by atoms with Crippen LogP contribution < -0.4 is 21.6 Å². The highest BCUT2D eigenvalue weighted by Crippen LogP contribution is 2.31. The average Bonchev–Trinajstić information content (AvgIpc) is 3.73. The van der Waals surface area contributed by atoms with E-state index in [1.165, 1.54) is 32.9 Å². The molecule has 6 aromatic rings. The number of carbonyl (C=O) groups excluding carboxylic acids is 4. The lowest BCUT2D eigenvalue weighted by Crippen LogP contribution is -2.48. The molecule has 6 heterocycles. The van der Waals surface area contributed by atoms with Crippen LogP contribution in [-0.4, -0.2) is 115 Å². The molecule has 4 aromatic heterocycles. The lowest BCUT2D eigenvalue weighted by atomic mass is 10.0. The van der Waals surface area contributed by atoms with E-state index >= 15 is 0 Å². The summed E-state index contributed by atoms with van der Waals surface area (Å²) in [6.45, 7) is 3.85. The maximum atomic E-state index is 14.2. The fourth-order valence-electron chi connectivity index (χ4n) is 8.47. The van der Waals surface area contributed by atoms with Gasteiger partial charge in [0.2, 0.25) is 17.7 Å². The number of imide groups is 1. The maximum absolute atomic E-state index is 14.2. The number of pyridine rings is 1. The number of nitrogens with one attached hydrogen (secondary N) is 3. The van der Waals surface area contributed by atoms with E-state index in [9.17, 15) is 32.8 Å². The Morgan fingerprint density at radius 1 is 1.03 bits per heavy atom. The lowest BCUT2D eigenvalue weighted by Gasteiger charge is -2.34. The Morgan fingerprint density at radius 3 is 2.62 bits per heavy atom. The molecule has 2 aromatic carbocycles. The highest BCUT2D eigenvalue weighted by Gasteiger charge is 2.32. The molecule has 1 unspecified atom stereocenters. The molecule has 2 aliphatic heterocycles. The molecule has 2 atom stereocenters. The zero-order chi connectivity index (χ0) is 46.1. The number of imidazole rings is 1. The number of morpholine rings is 1. The SMILES string of the molecule is CN(C[C@@H]1CN(CCCc2ccc3c(c2)n(C)c(=O)n3C2CCC(=O)NC2=O)CCO1)C(=O)c1ccc(-n2cc(NC(=O)c3coc(-c4ccnc(NCC5CC5)c4)n3)c(C(F)F)n2)cc1. The number of carbonyl (C=O) groups is 4. The number of aromatic nitrogens is 6. The van der Waals surface area contributed by atoms with Gasteiger partial charge in [0.15, 0.2) is 11.4 Å². The van der Waals surface area contributed by atoms with Crippen molar-refractivity contribution in [1.29, 1.82) is 0 Å². The normalized spacial score (nSPS) is 17.9. The number of anilines is 2. The van der Waals surface area contributed by atoms with E-state index in [-0.39, 0.29) is 53.7 Å². The molecule has 3 N–H and O–H groups in total. The van der Waals surface area contributed by atoms with Gasteiger partial charge in [0.1, 0.15) is 18.1 Å². The van der Waals surface area contributed by atoms with Gasteiger partial charge in [-0.05, 0) is 98.7 Å². The number of aryl methyl sites for hydroxylation is 2. The van der Waals surface area contributed by atoms with Crippen molar-refractivity contribution in [3.8, 4) is 17.1 Å². The second kappa shape index (κ2) is 18.8. The average molecular weight is 906 g/mol. The second-order valence-corrected chi connectivity index (χ2v) is 17.1. The quantitative estimate of drug-likeness (QED) is 0.110. The van der Waals surface area contributed by atoms with Crippen LogP contribution in [0.5, 0.6) is 0 Å². The van der Waals surface area contributed by atoms with Crippen LogP contribution in [0.15, 0.2) is 82.5 Å². The number of ether oxygens (including phenoxy) is 1. The fourth-order valence-corrected chi connectivity index (χ4v) is 8.47. The predicted octanol–water partition coefficient (Wildman–Crippen LogP) is 4.97. The minimum atomic E-state index is -3.00. The van der Waals surface area contributed by atoms with Crippen molar-refractivity contribution < 1.29 is 37.1 Å². The number of rotatable bonds is 16. The Labute approximate surface area is 376 Å². The van der Waals surface area contributed by atoms with Crippen molar-refractivity contribution >= 4 is 46.2 Å². The van der Waals surface area contributed by atoms with Crippen LogP contribution in [-0.2, 0) is 27.8 Å². The van der Waals surface area contributed by atoms with Gasteiger partial charge in [-0.2, -0.15) is 5.10 Å². The molecule has 0 spiro atoms. The highest BCUT2D eigenvalue weighted by atomic mass is 19.3. The van der Waals surface area contributed by atoms with Crippen LogP contribution in [0.25, 0.3) is 28.2 Å².